The van der Waals surface area contributed by atoms with Crippen molar-refractivity contribution >= 4 is 23.3 Å². The van der Waals surface area contributed by atoms with Crippen molar-refractivity contribution in [3.63, 3.8) is 0 Å². The molecular weight excluding hydrogens is 329 g/mol. The summed E-state index contributed by atoms with van der Waals surface area (Å²) in [6, 6.07) is 6.29. The number of nitrogens with zero attached hydrogens (tertiary/aromatic N) is 3. The van der Waals surface area contributed by atoms with Crippen molar-refractivity contribution in [3.8, 4) is 0 Å². The molecule has 24 heavy (non-hydrogen) atoms. The van der Waals surface area contributed by atoms with Gasteiger partial charge in [0.25, 0.3) is 0 Å². The quantitative estimate of drug-likeness (QED) is 0.498. The van der Waals surface area contributed by atoms with E-state index in [9.17, 15) is 4.39 Å². The Morgan fingerprint density at radius 2 is 2.08 bits per heavy atom. The van der Waals surface area contributed by atoms with Crippen molar-refractivity contribution in [1.82, 2.24) is 4.98 Å². The van der Waals surface area contributed by atoms with Crippen molar-refractivity contribution < 1.29 is 4.39 Å². The van der Waals surface area contributed by atoms with E-state index in [0.717, 1.165) is 28.1 Å². The molecule has 124 valence electrons. The number of aryl methyl sites for hydroxylation is 1. The van der Waals surface area contributed by atoms with E-state index in [1.54, 1.807) is 12.3 Å². The summed E-state index contributed by atoms with van der Waals surface area (Å²) in [6.45, 7) is 1.99. The highest BCUT2D eigenvalue weighted by Gasteiger charge is 2.28. The van der Waals surface area contributed by atoms with Crippen LogP contribution in [-0.4, -0.2) is 16.7 Å². The van der Waals surface area contributed by atoms with E-state index in [1.165, 1.54) is 12.1 Å². The average Bonchev–Trinajstić information content (AvgIpc) is 2.54. The SMILES string of the molecule is Cc1ccnc2c1/C(=N/N=C(N)N)CC(c1cc(F)ccc1Cl)C2. The smallest absolute Gasteiger partial charge is 0.211 e. The van der Waals surface area contributed by atoms with Gasteiger partial charge in [0.2, 0.25) is 5.96 Å². The minimum atomic E-state index is -0.319. The van der Waals surface area contributed by atoms with Crippen LogP contribution in [0.25, 0.3) is 0 Å². The number of fused-ring (bicyclic) bond motifs is 1. The number of pyridine rings is 1. The highest BCUT2D eigenvalue weighted by Crippen LogP contribution is 2.36. The van der Waals surface area contributed by atoms with Crippen LogP contribution in [0, 0.1) is 12.7 Å². The number of halogens is 2. The van der Waals surface area contributed by atoms with Gasteiger partial charge in [0.1, 0.15) is 5.82 Å². The molecule has 0 spiro atoms. The van der Waals surface area contributed by atoms with E-state index in [2.05, 4.69) is 15.2 Å². The number of hydrogen-bond donors (Lipinski definition) is 2. The summed E-state index contributed by atoms with van der Waals surface area (Å²) < 4.78 is 13.7. The lowest BCUT2D eigenvalue weighted by atomic mass is 9.80. The van der Waals surface area contributed by atoms with Crippen LogP contribution in [0.2, 0.25) is 5.02 Å². The molecule has 0 saturated carbocycles. The molecule has 0 fully saturated rings. The second-order valence-corrected chi connectivity index (χ2v) is 6.20. The molecular formula is C17H17ClFN5. The lowest BCUT2D eigenvalue weighted by Gasteiger charge is -2.27. The van der Waals surface area contributed by atoms with Crippen molar-refractivity contribution in [2.24, 2.45) is 21.7 Å². The van der Waals surface area contributed by atoms with Crippen molar-refractivity contribution in [1.29, 1.82) is 0 Å². The maximum absolute atomic E-state index is 13.7. The van der Waals surface area contributed by atoms with Crippen LogP contribution >= 0.6 is 11.6 Å². The molecule has 1 aliphatic rings. The van der Waals surface area contributed by atoms with Crippen LogP contribution in [0.1, 0.15) is 34.7 Å². The molecule has 4 N–H and O–H groups in total. The largest absolute Gasteiger partial charge is 0.369 e. The summed E-state index contributed by atoms with van der Waals surface area (Å²) in [4.78, 5) is 4.46. The molecule has 0 radical (unpaired) electrons. The van der Waals surface area contributed by atoms with Gasteiger partial charge in [-0.25, -0.2) is 4.39 Å². The number of rotatable bonds is 2. The third-order valence-corrected chi connectivity index (χ3v) is 4.43. The third-order valence-electron chi connectivity index (χ3n) is 4.09. The first-order chi connectivity index (χ1) is 11.5. The van der Waals surface area contributed by atoms with Gasteiger partial charge in [-0.3, -0.25) is 4.98 Å². The number of benzene rings is 1. The molecule has 5 nitrogen and oxygen atoms in total. The van der Waals surface area contributed by atoms with Crippen molar-refractivity contribution in [2.45, 2.75) is 25.7 Å². The Labute approximate surface area is 144 Å². The maximum Gasteiger partial charge on any atom is 0.211 e. The van der Waals surface area contributed by atoms with Crippen LogP contribution in [0.4, 0.5) is 4.39 Å². The summed E-state index contributed by atoms with van der Waals surface area (Å²) in [7, 11) is 0. The second kappa shape index (κ2) is 6.57. The first kappa shape index (κ1) is 16.4. The Morgan fingerprint density at radius 3 is 2.83 bits per heavy atom. The van der Waals surface area contributed by atoms with Crippen molar-refractivity contribution in [3.05, 3.63) is 63.7 Å². The topological polar surface area (TPSA) is 89.6 Å². The molecule has 0 aliphatic heterocycles. The Hall–Kier alpha value is -2.47. The molecule has 1 unspecified atom stereocenters. The maximum atomic E-state index is 13.7. The molecule has 1 aromatic heterocycles. The first-order valence-electron chi connectivity index (χ1n) is 7.51. The van der Waals surface area contributed by atoms with Gasteiger partial charge in [-0.1, -0.05) is 11.6 Å². The van der Waals surface area contributed by atoms with Gasteiger partial charge in [0.15, 0.2) is 0 Å². The van der Waals surface area contributed by atoms with Crippen LogP contribution in [0.3, 0.4) is 0 Å². The fourth-order valence-corrected chi connectivity index (χ4v) is 3.33. The molecule has 0 amide bonds. The predicted octanol–water partition coefficient (Wildman–Crippen LogP) is 2.89. The molecule has 2 aromatic rings. The summed E-state index contributed by atoms with van der Waals surface area (Å²) in [5.74, 6) is -0.473. The molecule has 0 saturated heterocycles. The van der Waals surface area contributed by atoms with Gasteiger partial charge in [0, 0.05) is 16.8 Å². The lowest BCUT2D eigenvalue weighted by molar-refractivity contribution is 0.614. The Balaban J connectivity index is 2.10. The molecule has 1 aliphatic carbocycles. The number of aromatic nitrogens is 1. The summed E-state index contributed by atoms with van der Waals surface area (Å²) in [5, 5.41) is 8.50. The minimum absolute atomic E-state index is 0.0389. The van der Waals surface area contributed by atoms with E-state index in [-0.39, 0.29) is 17.7 Å². The van der Waals surface area contributed by atoms with Gasteiger partial charge in [-0.2, -0.15) is 5.10 Å². The van der Waals surface area contributed by atoms with E-state index in [1.807, 2.05) is 13.0 Å². The van der Waals surface area contributed by atoms with Crippen LogP contribution in [0.5, 0.6) is 0 Å². The zero-order valence-corrected chi connectivity index (χ0v) is 13.9. The van der Waals surface area contributed by atoms with Gasteiger partial charge in [0.05, 0.1) is 11.4 Å². The number of nitrogens with two attached hydrogens (primary N) is 2. The van der Waals surface area contributed by atoms with E-state index in [4.69, 9.17) is 23.1 Å². The molecule has 1 heterocycles. The number of guanidine groups is 1. The summed E-state index contributed by atoms with van der Waals surface area (Å²) in [5.41, 5.74) is 15.1. The Morgan fingerprint density at radius 1 is 1.29 bits per heavy atom. The first-order valence-corrected chi connectivity index (χ1v) is 7.88. The van der Waals surface area contributed by atoms with Crippen LogP contribution in [-0.2, 0) is 6.42 Å². The van der Waals surface area contributed by atoms with Crippen molar-refractivity contribution in [2.75, 3.05) is 0 Å². The predicted molar refractivity (Wildman–Crippen MR) is 93.8 cm³/mol. The van der Waals surface area contributed by atoms with Crippen LogP contribution in [0.15, 0.2) is 40.7 Å². The fourth-order valence-electron chi connectivity index (χ4n) is 3.06. The van der Waals surface area contributed by atoms with Gasteiger partial charge >= 0.3 is 0 Å². The minimum Gasteiger partial charge on any atom is -0.369 e. The monoisotopic (exact) mass is 345 g/mol. The fraction of sp³-hybridized carbons (Fsp3) is 0.235. The standard InChI is InChI=1S/C17H17ClFN5/c1-9-4-5-22-14-6-10(12-8-11(19)2-3-13(12)18)7-15(16(9)14)23-24-17(20)21/h2-5,8,10H,6-7H2,1H3,(H4,20,21,24)/b23-15+. The van der Waals surface area contributed by atoms with E-state index >= 15 is 0 Å². The summed E-state index contributed by atoms with van der Waals surface area (Å²) >= 11 is 6.27. The molecule has 0 bridgehead atoms. The van der Waals surface area contributed by atoms with E-state index < -0.39 is 0 Å². The molecule has 3 rings (SSSR count). The molecule has 7 heteroatoms. The zero-order chi connectivity index (χ0) is 17.3. The highest BCUT2D eigenvalue weighted by molar-refractivity contribution is 6.31. The van der Waals surface area contributed by atoms with Crippen LogP contribution < -0.4 is 11.5 Å². The normalized spacial score (nSPS) is 18.3. The van der Waals surface area contributed by atoms with Gasteiger partial charge in [-0.05, 0) is 61.1 Å². The summed E-state index contributed by atoms with van der Waals surface area (Å²) in [6.07, 6.45) is 2.96. The Kier molecular flexibility index (Phi) is 4.49. The second-order valence-electron chi connectivity index (χ2n) is 5.79. The molecule has 1 atom stereocenters. The Bertz CT molecular complexity index is 843. The van der Waals surface area contributed by atoms with Gasteiger partial charge < -0.3 is 11.5 Å². The average molecular weight is 346 g/mol. The lowest BCUT2D eigenvalue weighted by Crippen LogP contribution is -2.24. The van der Waals surface area contributed by atoms with E-state index in [0.29, 0.717) is 17.9 Å². The number of hydrogen-bond acceptors (Lipinski definition) is 3. The molecule has 1 aromatic carbocycles. The third kappa shape index (κ3) is 3.23. The highest BCUT2D eigenvalue weighted by atomic mass is 35.5. The zero-order valence-electron chi connectivity index (χ0n) is 13.1. The van der Waals surface area contributed by atoms with Gasteiger partial charge in [-0.15, -0.1) is 5.10 Å².